The highest BCUT2D eigenvalue weighted by atomic mass is 28.4. The van der Waals surface area contributed by atoms with E-state index in [0.29, 0.717) is 0 Å². The van der Waals surface area contributed by atoms with Crippen molar-refractivity contribution in [1.29, 1.82) is 0 Å². The van der Waals surface area contributed by atoms with Crippen LogP contribution >= 0.6 is 0 Å². The van der Waals surface area contributed by atoms with Gasteiger partial charge in [-0.15, -0.1) is 0 Å². The molecule has 120 valence electrons. The number of rotatable bonds is 8. The van der Waals surface area contributed by atoms with Gasteiger partial charge >= 0.3 is 0 Å². The molecule has 0 bridgehead atoms. The lowest BCUT2D eigenvalue weighted by atomic mass is 10.4. The van der Waals surface area contributed by atoms with Crippen LogP contribution in [0.25, 0.3) is 0 Å². The van der Waals surface area contributed by atoms with E-state index in [9.17, 15) is 4.79 Å². The summed E-state index contributed by atoms with van der Waals surface area (Å²) >= 11 is 0. The van der Waals surface area contributed by atoms with Crippen molar-refractivity contribution in [2.75, 3.05) is 0 Å². The fraction of sp³-hybridized carbons (Fsp3) is 0.211. The minimum atomic E-state index is -2.53. The van der Waals surface area contributed by atoms with Crippen molar-refractivity contribution in [3.05, 3.63) is 73.3 Å². The summed E-state index contributed by atoms with van der Waals surface area (Å²) in [7, 11) is -2.53. The number of amides is 1. The Morgan fingerprint density at radius 2 is 1.61 bits per heavy atom. The molecule has 0 saturated heterocycles. The standard InChI is InChI=1S/C19H23NO2Si/c1-3-5-16-23(22-20-19(21)4-2,17-12-8-6-9-13-17)18-14-10-7-11-15-18/h4,6-15H,2-3,5,16H2,1H3,(H,20,21). The third-order valence-electron chi connectivity index (χ3n) is 3.87. The maximum absolute atomic E-state index is 11.7. The van der Waals surface area contributed by atoms with Crippen LogP contribution in [0.4, 0.5) is 0 Å². The maximum atomic E-state index is 11.7. The Balaban J connectivity index is 2.48. The molecule has 0 aromatic heterocycles. The van der Waals surface area contributed by atoms with Crippen molar-refractivity contribution in [3.8, 4) is 0 Å². The molecule has 0 spiro atoms. The van der Waals surface area contributed by atoms with Crippen molar-refractivity contribution in [3.63, 3.8) is 0 Å². The van der Waals surface area contributed by atoms with Gasteiger partial charge in [0.05, 0.1) is 0 Å². The zero-order valence-electron chi connectivity index (χ0n) is 13.5. The molecule has 3 nitrogen and oxygen atoms in total. The summed E-state index contributed by atoms with van der Waals surface area (Å²) < 4.78 is 6.12. The van der Waals surface area contributed by atoms with Crippen LogP contribution in [0.5, 0.6) is 0 Å². The summed E-state index contributed by atoms with van der Waals surface area (Å²) in [6.45, 7) is 5.66. The number of carbonyl (C=O) groups excluding carboxylic acids is 1. The largest absolute Gasteiger partial charge is 0.308 e. The predicted molar refractivity (Wildman–Crippen MR) is 97.0 cm³/mol. The Bertz CT molecular complexity index is 589. The van der Waals surface area contributed by atoms with Crippen molar-refractivity contribution in [2.45, 2.75) is 25.8 Å². The predicted octanol–water partition coefficient (Wildman–Crippen LogP) is 2.78. The van der Waals surface area contributed by atoms with Gasteiger partial charge in [-0.25, -0.2) is 5.48 Å². The van der Waals surface area contributed by atoms with E-state index in [1.165, 1.54) is 6.08 Å². The van der Waals surface area contributed by atoms with E-state index in [2.05, 4.69) is 43.2 Å². The van der Waals surface area contributed by atoms with E-state index in [0.717, 1.165) is 29.3 Å². The van der Waals surface area contributed by atoms with E-state index in [-0.39, 0.29) is 5.91 Å². The Morgan fingerprint density at radius 1 is 1.09 bits per heavy atom. The SMILES string of the molecule is C=CC(=O)NO[Si](CCCC)(c1ccccc1)c1ccccc1. The number of benzene rings is 2. The van der Waals surface area contributed by atoms with Crippen LogP contribution in [-0.2, 0) is 9.32 Å². The fourth-order valence-corrected chi connectivity index (χ4v) is 6.48. The number of carbonyl (C=O) groups is 1. The maximum Gasteiger partial charge on any atom is 0.290 e. The minimum absolute atomic E-state index is 0.315. The number of hydroxylamine groups is 1. The van der Waals surface area contributed by atoms with E-state index in [1.807, 2.05) is 36.4 Å². The van der Waals surface area contributed by atoms with Gasteiger partial charge in [-0.2, -0.15) is 0 Å². The van der Waals surface area contributed by atoms with E-state index in [4.69, 9.17) is 4.53 Å². The molecular formula is C19H23NO2Si. The van der Waals surface area contributed by atoms with E-state index < -0.39 is 8.32 Å². The molecule has 0 atom stereocenters. The van der Waals surface area contributed by atoms with Gasteiger partial charge in [0.2, 0.25) is 0 Å². The van der Waals surface area contributed by atoms with Gasteiger partial charge < -0.3 is 4.53 Å². The Labute approximate surface area is 139 Å². The van der Waals surface area contributed by atoms with Gasteiger partial charge in [-0.05, 0) is 22.5 Å². The molecule has 1 N–H and O–H groups in total. The molecule has 0 aliphatic rings. The normalized spacial score (nSPS) is 11.0. The minimum Gasteiger partial charge on any atom is -0.308 e. The third-order valence-corrected chi connectivity index (χ3v) is 7.91. The number of unbranched alkanes of at least 4 members (excludes halogenated alkanes) is 1. The lowest BCUT2D eigenvalue weighted by Gasteiger charge is -2.31. The van der Waals surface area contributed by atoms with Gasteiger partial charge in [0.15, 0.2) is 0 Å². The topological polar surface area (TPSA) is 38.3 Å². The highest BCUT2D eigenvalue weighted by Crippen LogP contribution is 2.16. The summed E-state index contributed by atoms with van der Waals surface area (Å²) in [6.07, 6.45) is 3.35. The van der Waals surface area contributed by atoms with Gasteiger partial charge in [0.25, 0.3) is 14.2 Å². The molecule has 0 fully saturated rings. The summed E-state index contributed by atoms with van der Waals surface area (Å²) in [4.78, 5) is 11.7. The smallest absolute Gasteiger partial charge is 0.290 e. The van der Waals surface area contributed by atoms with Crippen LogP contribution in [0.15, 0.2) is 73.3 Å². The van der Waals surface area contributed by atoms with E-state index in [1.54, 1.807) is 0 Å². The zero-order valence-corrected chi connectivity index (χ0v) is 14.5. The van der Waals surface area contributed by atoms with Gasteiger partial charge in [0, 0.05) is 0 Å². The van der Waals surface area contributed by atoms with Gasteiger partial charge in [0.1, 0.15) is 0 Å². The fourth-order valence-electron chi connectivity index (χ4n) is 2.64. The molecule has 2 aromatic carbocycles. The molecule has 0 heterocycles. The quantitative estimate of drug-likeness (QED) is 0.460. The average Bonchev–Trinajstić information content (AvgIpc) is 2.63. The lowest BCUT2D eigenvalue weighted by Crippen LogP contribution is -2.63. The van der Waals surface area contributed by atoms with Crippen LogP contribution in [0, 0.1) is 0 Å². The molecule has 0 saturated carbocycles. The first-order chi connectivity index (χ1) is 11.2. The molecule has 0 radical (unpaired) electrons. The second-order valence-electron chi connectivity index (χ2n) is 5.44. The number of nitrogens with one attached hydrogen (secondary N) is 1. The van der Waals surface area contributed by atoms with Crippen LogP contribution < -0.4 is 15.9 Å². The van der Waals surface area contributed by atoms with Gasteiger partial charge in [-0.1, -0.05) is 87.0 Å². The first-order valence-electron chi connectivity index (χ1n) is 7.94. The molecule has 0 aliphatic carbocycles. The van der Waals surface area contributed by atoms with Crippen molar-refractivity contribution >= 4 is 24.6 Å². The highest BCUT2D eigenvalue weighted by Gasteiger charge is 2.40. The number of hydrogen-bond donors (Lipinski definition) is 1. The Hall–Kier alpha value is -2.17. The summed E-state index contributed by atoms with van der Waals surface area (Å²) in [5, 5.41) is 2.31. The van der Waals surface area contributed by atoms with Crippen LogP contribution in [-0.4, -0.2) is 14.2 Å². The molecule has 23 heavy (non-hydrogen) atoms. The monoisotopic (exact) mass is 325 g/mol. The molecule has 1 amide bonds. The highest BCUT2D eigenvalue weighted by molar-refractivity contribution is 6.97. The summed E-state index contributed by atoms with van der Waals surface area (Å²) in [5.41, 5.74) is 2.58. The molecular weight excluding hydrogens is 302 g/mol. The Kier molecular flexibility index (Phi) is 6.32. The van der Waals surface area contributed by atoms with E-state index >= 15 is 0 Å². The molecule has 2 rings (SSSR count). The van der Waals surface area contributed by atoms with Crippen molar-refractivity contribution < 1.29 is 9.32 Å². The summed E-state index contributed by atoms with van der Waals surface area (Å²) in [6, 6.07) is 21.3. The average molecular weight is 325 g/mol. The zero-order chi connectivity index (χ0) is 16.5. The summed E-state index contributed by atoms with van der Waals surface area (Å²) in [5.74, 6) is -0.315. The molecule has 0 aliphatic heterocycles. The van der Waals surface area contributed by atoms with Crippen molar-refractivity contribution in [2.24, 2.45) is 0 Å². The van der Waals surface area contributed by atoms with Crippen LogP contribution in [0.3, 0.4) is 0 Å². The third kappa shape index (κ3) is 4.18. The van der Waals surface area contributed by atoms with Crippen molar-refractivity contribution in [1.82, 2.24) is 5.48 Å². The lowest BCUT2D eigenvalue weighted by molar-refractivity contribution is -0.123. The molecule has 4 heteroatoms. The first-order valence-corrected chi connectivity index (χ1v) is 10.1. The van der Waals surface area contributed by atoms with Gasteiger partial charge in [-0.3, -0.25) is 4.79 Å². The first kappa shape index (κ1) is 17.2. The van der Waals surface area contributed by atoms with Crippen LogP contribution in [0.2, 0.25) is 6.04 Å². The Morgan fingerprint density at radius 3 is 2.04 bits per heavy atom. The van der Waals surface area contributed by atoms with Crippen LogP contribution in [0.1, 0.15) is 19.8 Å². The molecule has 2 aromatic rings. The molecule has 0 unspecified atom stereocenters. The number of hydrogen-bond acceptors (Lipinski definition) is 2. The second kappa shape index (κ2) is 8.46. The second-order valence-corrected chi connectivity index (χ2v) is 8.95.